The summed E-state index contributed by atoms with van der Waals surface area (Å²) in [7, 11) is 0. The van der Waals surface area contributed by atoms with E-state index in [4.69, 9.17) is 4.74 Å². The number of aliphatic hydroxyl groups is 1. The van der Waals surface area contributed by atoms with Gasteiger partial charge >= 0.3 is 0 Å². The minimum atomic E-state index is -0.658. The Hall–Kier alpha value is -3.01. The van der Waals surface area contributed by atoms with Gasteiger partial charge in [-0.15, -0.1) is 11.3 Å². The van der Waals surface area contributed by atoms with Crippen LogP contribution in [0.25, 0.3) is 11.4 Å². The van der Waals surface area contributed by atoms with E-state index in [9.17, 15) is 14.7 Å². The summed E-state index contributed by atoms with van der Waals surface area (Å²) < 4.78 is 7.20. The molecule has 5 rings (SSSR count). The molecule has 0 unspecified atom stereocenters. The molecule has 3 aromatic rings. The van der Waals surface area contributed by atoms with E-state index in [-0.39, 0.29) is 11.3 Å². The number of thiophene rings is 1. The van der Waals surface area contributed by atoms with Gasteiger partial charge in [-0.25, -0.2) is 4.98 Å². The van der Waals surface area contributed by atoms with Crippen LogP contribution in [0.2, 0.25) is 0 Å². The lowest BCUT2D eigenvalue weighted by Crippen LogP contribution is -2.42. The summed E-state index contributed by atoms with van der Waals surface area (Å²) in [5.41, 5.74) is 2.84. The molecule has 5 heterocycles. The summed E-state index contributed by atoms with van der Waals surface area (Å²) in [6, 6.07) is 6.99. The zero-order chi connectivity index (χ0) is 23.1. The number of fused-ring (bicyclic) bond motifs is 1. The largest absolute Gasteiger partial charge is 0.505 e. The number of aliphatic hydroxyl groups excluding tert-OH is 1. The van der Waals surface area contributed by atoms with E-state index in [1.54, 1.807) is 16.2 Å². The van der Waals surface area contributed by atoms with Gasteiger partial charge in [-0.2, -0.15) is 0 Å². The maximum Gasteiger partial charge on any atom is 0.295 e. The SMILES string of the molecule is Cc1nc2c(C)cccn2c1C(O)=C1C(=O)C(=O)N(CCN2CCOCC2)[C@@H]1c1cccs1. The third kappa shape index (κ3) is 3.76. The van der Waals surface area contributed by atoms with Crippen molar-refractivity contribution in [2.45, 2.75) is 19.9 Å². The number of hydrogen-bond acceptors (Lipinski definition) is 7. The molecule has 0 bridgehead atoms. The quantitative estimate of drug-likeness (QED) is 0.354. The van der Waals surface area contributed by atoms with Crippen molar-refractivity contribution in [3.63, 3.8) is 0 Å². The van der Waals surface area contributed by atoms with E-state index in [0.29, 0.717) is 43.3 Å². The van der Waals surface area contributed by atoms with E-state index in [2.05, 4.69) is 9.88 Å². The Bertz CT molecular complexity index is 1240. The number of pyridine rings is 1. The molecule has 3 aromatic heterocycles. The molecule has 33 heavy (non-hydrogen) atoms. The Balaban J connectivity index is 1.59. The van der Waals surface area contributed by atoms with Crippen molar-refractivity contribution in [2.24, 2.45) is 0 Å². The summed E-state index contributed by atoms with van der Waals surface area (Å²) >= 11 is 1.47. The Morgan fingerprint density at radius 1 is 1.18 bits per heavy atom. The lowest BCUT2D eigenvalue weighted by Gasteiger charge is -2.30. The van der Waals surface area contributed by atoms with Crippen LogP contribution in [-0.2, 0) is 14.3 Å². The second kappa shape index (κ2) is 8.74. The molecule has 0 aromatic carbocycles. The summed E-state index contributed by atoms with van der Waals surface area (Å²) in [6.07, 6.45) is 1.81. The van der Waals surface area contributed by atoms with Crippen molar-refractivity contribution in [2.75, 3.05) is 39.4 Å². The van der Waals surface area contributed by atoms with Crippen molar-refractivity contribution in [3.05, 3.63) is 63.2 Å². The van der Waals surface area contributed by atoms with Crippen molar-refractivity contribution < 1.29 is 19.4 Å². The predicted molar refractivity (Wildman–Crippen MR) is 125 cm³/mol. The van der Waals surface area contributed by atoms with Crippen LogP contribution in [0.5, 0.6) is 0 Å². The number of amides is 1. The number of nitrogens with zero attached hydrogens (tertiary/aromatic N) is 4. The summed E-state index contributed by atoms with van der Waals surface area (Å²) in [4.78, 5) is 35.7. The third-order valence-corrected chi connectivity index (χ3v) is 7.28. The molecule has 2 aliphatic rings. The summed E-state index contributed by atoms with van der Waals surface area (Å²) in [5, 5.41) is 13.4. The first-order chi connectivity index (χ1) is 16.0. The molecule has 2 aliphatic heterocycles. The Kier molecular flexibility index (Phi) is 5.77. The van der Waals surface area contributed by atoms with Crippen LogP contribution < -0.4 is 0 Å². The number of imidazole rings is 1. The Morgan fingerprint density at radius 3 is 2.70 bits per heavy atom. The molecule has 0 saturated carbocycles. The number of aryl methyl sites for hydroxylation is 2. The lowest BCUT2D eigenvalue weighted by molar-refractivity contribution is -0.140. The third-order valence-electron chi connectivity index (χ3n) is 6.36. The zero-order valence-electron chi connectivity index (χ0n) is 18.7. The highest BCUT2D eigenvalue weighted by Gasteiger charge is 2.47. The number of carbonyl (C=O) groups excluding carboxylic acids is 2. The van der Waals surface area contributed by atoms with Crippen molar-refractivity contribution in [3.8, 4) is 0 Å². The first kappa shape index (κ1) is 21.8. The van der Waals surface area contributed by atoms with E-state index < -0.39 is 17.7 Å². The molecular weight excluding hydrogens is 440 g/mol. The number of likely N-dealkylation sites (tertiary alicyclic amines) is 1. The minimum absolute atomic E-state index is 0.121. The van der Waals surface area contributed by atoms with Gasteiger partial charge in [0.15, 0.2) is 5.76 Å². The van der Waals surface area contributed by atoms with Gasteiger partial charge in [0.2, 0.25) is 0 Å². The van der Waals surface area contributed by atoms with E-state index >= 15 is 0 Å². The van der Waals surface area contributed by atoms with Gasteiger partial charge in [-0.3, -0.25) is 18.9 Å². The van der Waals surface area contributed by atoms with Gasteiger partial charge in [0.1, 0.15) is 11.3 Å². The fourth-order valence-corrected chi connectivity index (χ4v) is 5.50. The number of Topliss-reactive ketones (excluding diaryl/α,β-unsaturated/α-hetero) is 1. The first-order valence-corrected chi connectivity index (χ1v) is 11.9. The predicted octanol–water partition coefficient (Wildman–Crippen LogP) is 2.77. The molecule has 172 valence electrons. The smallest absolute Gasteiger partial charge is 0.295 e. The molecule has 8 nitrogen and oxygen atoms in total. The molecule has 0 spiro atoms. The normalized spacial score (nSPS) is 21.4. The molecule has 1 amide bonds. The maximum absolute atomic E-state index is 13.3. The molecule has 0 radical (unpaired) electrons. The number of rotatable bonds is 5. The molecule has 2 fully saturated rings. The second-order valence-corrected chi connectivity index (χ2v) is 9.37. The van der Waals surface area contributed by atoms with Crippen LogP contribution in [0.1, 0.15) is 27.9 Å². The molecule has 9 heteroatoms. The van der Waals surface area contributed by atoms with Crippen molar-refractivity contribution in [1.29, 1.82) is 0 Å². The number of ether oxygens (including phenoxy) is 1. The monoisotopic (exact) mass is 466 g/mol. The van der Waals surface area contributed by atoms with Gasteiger partial charge in [0, 0.05) is 37.3 Å². The van der Waals surface area contributed by atoms with Crippen molar-refractivity contribution in [1.82, 2.24) is 19.2 Å². The van der Waals surface area contributed by atoms with Crippen LogP contribution in [0.3, 0.4) is 0 Å². The minimum Gasteiger partial charge on any atom is -0.505 e. The first-order valence-electron chi connectivity index (χ1n) is 11.0. The molecule has 1 atom stereocenters. The number of carbonyl (C=O) groups is 2. The Labute approximate surface area is 195 Å². The zero-order valence-corrected chi connectivity index (χ0v) is 19.5. The highest BCUT2D eigenvalue weighted by Crippen LogP contribution is 2.41. The topological polar surface area (TPSA) is 87.4 Å². The number of hydrogen-bond donors (Lipinski definition) is 1. The van der Waals surface area contributed by atoms with Gasteiger partial charge in [-0.05, 0) is 36.9 Å². The van der Waals surface area contributed by atoms with E-state index in [1.807, 2.05) is 42.8 Å². The van der Waals surface area contributed by atoms with Gasteiger partial charge in [0.05, 0.1) is 30.5 Å². The highest BCUT2D eigenvalue weighted by molar-refractivity contribution is 7.10. The van der Waals surface area contributed by atoms with Crippen LogP contribution >= 0.6 is 11.3 Å². The number of aromatic nitrogens is 2. The molecule has 0 aliphatic carbocycles. The summed E-state index contributed by atoms with van der Waals surface area (Å²) in [6.45, 7) is 7.72. The van der Waals surface area contributed by atoms with Crippen molar-refractivity contribution >= 4 is 34.4 Å². The van der Waals surface area contributed by atoms with Crippen LogP contribution in [0.15, 0.2) is 41.4 Å². The van der Waals surface area contributed by atoms with Gasteiger partial charge in [-0.1, -0.05) is 12.1 Å². The van der Waals surface area contributed by atoms with Crippen LogP contribution in [0, 0.1) is 13.8 Å². The standard InChI is InChI=1S/C24H26N4O4S/c1-15-5-3-7-27-19(16(2)25-23(15)27)21(29)18-20(17-6-4-14-33-17)28(24(31)22(18)30)9-8-26-10-12-32-13-11-26/h3-7,14,20,29H,8-13H2,1-2H3/t20-/m1/s1. The lowest BCUT2D eigenvalue weighted by atomic mass is 10.0. The Morgan fingerprint density at radius 2 is 1.97 bits per heavy atom. The molecular formula is C24H26N4O4S. The average Bonchev–Trinajstić information content (AvgIpc) is 3.51. The fraction of sp³-hybridized carbons (Fsp3) is 0.375. The molecule has 2 saturated heterocycles. The fourth-order valence-electron chi connectivity index (χ4n) is 4.66. The van der Waals surface area contributed by atoms with E-state index in [0.717, 1.165) is 23.5 Å². The van der Waals surface area contributed by atoms with Crippen LogP contribution in [-0.4, -0.2) is 75.4 Å². The maximum atomic E-state index is 13.3. The van der Waals surface area contributed by atoms with Gasteiger partial charge < -0.3 is 14.7 Å². The molecule has 1 N–H and O–H groups in total. The number of ketones is 1. The van der Waals surface area contributed by atoms with Crippen LogP contribution in [0.4, 0.5) is 0 Å². The highest BCUT2D eigenvalue weighted by atomic mass is 32.1. The summed E-state index contributed by atoms with van der Waals surface area (Å²) in [5.74, 6) is -1.42. The van der Waals surface area contributed by atoms with E-state index in [1.165, 1.54) is 11.3 Å². The van der Waals surface area contributed by atoms with Gasteiger partial charge in [0.25, 0.3) is 11.7 Å². The number of morpholine rings is 1. The average molecular weight is 467 g/mol. The second-order valence-electron chi connectivity index (χ2n) is 8.39.